The summed E-state index contributed by atoms with van der Waals surface area (Å²) >= 11 is 1.42. The molecule has 0 aromatic heterocycles. The van der Waals surface area contributed by atoms with Crippen molar-refractivity contribution >= 4 is 27.7 Å². The predicted octanol–water partition coefficient (Wildman–Crippen LogP) is 1.19. The highest BCUT2D eigenvalue weighted by Gasteiger charge is 2.24. The largest absolute Gasteiger partial charge is 0.383 e. The maximum absolute atomic E-state index is 12.8. The average Bonchev–Trinajstić information content (AvgIpc) is 2.61. The van der Waals surface area contributed by atoms with Crippen LogP contribution in [0.5, 0.6) is 0 Å². The van der Waals surface area contributed by atoms with Crippen LogP contribution < -0.4 is 4.72 Å². The van der Waals surface area contributed by atoms with E-state index < -0.39 is 10.0 Å². The van der Waals surface area contributed by atoms with Crippen molar-refractivity contribution in [2.75, 3.05) is 46.3 Å². The maximum atomic E-state index is 12.8. The Kier molecular flexibility index (Phi) is 7.26. The van der Waals surface area contributed by atoms with Gasteiger partial charge in [-0.2, -0.15) is 0 Å². The van der Waals surface area contributed by atoms with Crippen LogP contribution in [0.1, 0.15) is 17.3 Å². The Hall–Kier alpha value is -1.13. The van der Waals surface area contributed by atoms with Crippen molar-refractivity contribution in [2.45, 2.75) is 22.8 Å². The summed E-state index contributed by atoms with van der Waals surface area (Å²) < 4.78 is 37.9. The quantitative estimate of drug-likeness (QED) is 0.707. The Morgan fingerprint density at radius 3 is 2.68 bits per heavy atom. The number of nitrogens with one attached hydrogen (secondary N) is 1. The standard InChI is InChI=1S/C16H24N2O5S2/c1-12(11-22-2)17-25(20,21)13-4-5-15(24-3)14(10-13)16(19)18-6-8-23-9-7-18/h4-5,10,12,17H,6-9,11H2,1-3H3/t12-/m0/s1. The van der Waals surface area contributed by atoms with Crippen LogP contribution in [0.4, 0.5) is 0 Å². The first-order chi connectivity index (χ1) is 11.9. The highest BCUT2D eigenvalue weighted by Crippen LogP contribution is 2.25. The number of rotatable bonds is 7. The monoisotopic (exact) mass is 388 g/mol. The molecule has 1 amide bonds. The minimum Gasteiger partial charge on any atom is -0.383 e. The Bertz CT molecular complexity index is 702. The molecule has 1 aliphatic rings. The molecule has 0 saturated carbocycles. The number of carbonyl (C=O) groups is 1. The number of carbonyl (C=O) groups excluding carboxylic acids is 1. The number of nitrogens with zero attached hydrogens (tertiary/aromatic N) is 1. The van der Waals surface area contributed by atoms with E-state index in [9.17, 15) is 13.2 Å². The molecule has 2 rings (SSSR count). The highest BCUT2D eigenvalue weighted by atomic mass is 32.2. The van der Waals surface area contributed by atoms with Gasteiger partial charge in [0.05, 0.1) is 30.3 Å². The number of methoxy groups -OCH3 is 1. The third-order valence-corrected chi connectivity index (χ3v) is 6.17. The Morgan fingerprint density at radius 1 is 1.40 bits per heavy atom. The van der Waals surface area contributed by atoms with Gasteiger partial charge in [0, 0.05) is 31.1 Å². The van der Waals surface area contributed by atoms with Crippen LogP contribution in [0, 0.1) is 0 Å². The molecule has 1 N–H and O–H groups in total. The number of thioether (sulfide) groups is 1. The van der Waals surface area contributed by atoms with Gasteiger partial charge in [0.15, 0.2) is 0 Å². The smallest absolute Gasteiger partial charge is 0.255 e. The number of hydrogen-bond donors (Lipinski definition) is 1. The average molecular weight is 389 g/mol. The van der Waals surface area contributed by atoms with Crippen LogP contribution >= 0.6 is 11.8 Å². The summed E-state index contributed by atoms with van der Waals surface area (Å²) in [5.41, 5.74) is 0.400. The highest BCUT2D eigenvalue weighted by molar-refractivity contribution is 7.98. The van der Waals surface area contributed by atoms with Crippen molar-refractivity contribution in [1.29, 1.82) is 0 Å². The number of hydrogen-bond acceptors (Lipinski definition) is 6. The third kappa shape index (κ3) is 5.18. The van der Waals surface area contributed by atoms with Gasteiger partial charge in [-0.05, 0) is 31.4 Å². The zero-order valence-corrected chi connectivity index (χ0v) is 16.3. The van der Waals surface area contributed by atoms with E-state index in [4.69, 9.17) is 9.47 Å². The summed E-state index contributed by atoms with van der Waals surface area (Å²) in [5, 5.41) is 0. The molecule has 1 aliphatic heterocycles. The van der Waals surface area contributed by atoms with Crippen LogP contribution in [0.2, 0.25) is 0 Å². The lowest BCUT2D eigenvalue weighted by Crippen LogP contribution is -2.41. The van der Waals surface area contributed by atoms with E-state index in [0.717, 1.165) is 4.90 Å². The van der Waals surface area contributed by atoms with Crippen molar-refractivity contribution in [3.63, 3.8) is 0 Å². The molecule has 0 unspecified atom stereocenters. The summed E-state index contributed by atoms with van der Waals surface area (Å²) in [6.45, 7) is 3.99. The van der Waals surface area contributed by atoms with Crippen molar-refractivity contribution < 1.29 is 22.7 Å². The molecule has 0 bridgehead atoms. The van der Waals surface area contributed by atoms with Gasteiger partial charge in [0.2, 0.25) is 10.0 Å². The van der Waals surface area contributed by atoms with Gasteiger partial charge < -0.3 is 14.4 Å². The molecule has 0 radical (unpaired) electrons. The van der Waals surface area contributed by atoms with Gasteiger partial charge in [0.25, 0.3) is 5.91 Å². The molecule has 0 spiro atoms. The van der Waals surface area contributed by atoms with Crippen LogP contribution in [-0.2, 0) is 19.5 Å². The summed E-state index contributed by atoms with van der Waals surface area (Å²) in [7, 11) is -2.22. The van der Waals surface area contributed by atoms with E-state index in [1.807, 2.05) is 6.26 Å². The molecule has 1 aromatic carbocycles. The number of amides is 1. The van der Waals surface area contributed by atoms with Crippen molar-refractivity contribution in [3.8, 4) is 0 Å². The van der Waals surface area contributed by atoms with Crippen molar-refractivity contribution in [2.24, 2.45) is 0 Å². The van der Waals surface area contributed by atoms with E-state index in [-0.39, 0.29) is 23.5 Å². The molecule has 1 fully saturated rings. The van der Waals surface area contributed by atoms with Gasteiger partial charge in [-0.25, -0.2) is 13.1 Å². The van der Waals surface area contributed by atoms with Gasteiger partial charge in [-0.15, -0.1) is 11.8 Å². The first-order valence-corrected chi connectivity index (χ1v) is 10.7. The molecule has 1 aromatic rings. The molecule has 140 valence electrons. The summed E-state index contributed by atoms with van der Waals surface area (Å²) in [6.07, 6.45) is 1.86. The minimum atomic E-state index is -3.73. The summed E-state index contributed by atoms with van der Waals surface area (Å²) in [5.74, 6) is -0.172. The van der Waals surface area contributed by atoms with E-state index in [0.29, 0.717) is 31.9 Å². The van der Waals surface area contributed by atoms with Crippen LogP contribution in [0.25, 0.3) is 0 Å². The fourth-order valence-electron chi connectivity index (χ4n) is 2.58. The first kappa shape index (κ1) is 20.2. The van der Waals surface area contributed by atoms with Gasteiger partial charge in [-0.3, -0.25) is 4.79 Å². The van der Waals surface area contributed by atoms with Crippen LogP contribution in [-0.4, -0.2) is 71.5 Å². The lowest BCUT2D eigenvalue weighted by atomic mass is 10.2. The Balaban J connectivity index is 2.31. The van der Waals surface area contributed by atoms with E-state index >= 15 is 0 Å². The molecule has 1 atom stereocenters. The Morgan fingerprint density at radius 2 is 2.08 bits per heavy atom. The van der Waals surface area contributed by atoms with E-state index in [1.165, 1.54) is 31.0 Å². The second-order valence-corrected chi connectivity index (χ2v) is 8.31. The molecular weight excluding hydrogens is 364 g/mol. The fraction of sp³-hybridized carbons (Fsp3) is 0.562. The normalized spacial score (nSPS) is 16.7. The third-order valence-electron chi connectivity index (χ3n) is 3.78. The van der Waals surface area contributed by atoms with Crippen molar-refractivity contribution in [3.05, 3.63) is 23.8 Å². The minimum absolute atomic E-state index is 0.0739. The molecule has 25 heavy (non-hydrogen) atoms. The molecule has 0 aliphatic carbocycles. The van der Waals surface area contributed by atoms with Crippen LogP contribution in [0.3, 0.4) is 0 Å². The van der Waals surface area contributed by atoms with Gasteiger partial charge in [-0.1, -0.05) is 0 Å². The van der Waals surface area contributed by atoms with Crippen LogP contribution in [0.15, 0.2) is 28.0 Å². The number of sulfonamides is 1. The number of benzene rings is 1. The predicted molar refractivity (Wildman–Crippen MR) is 96.6 cm³/mol. The zero-order chi connectivity index (χ0) is 18.4. The Labute approximate surface area is 153 Å². The van der Waals surface area contributed by atoms with E-state index in [1.54, 1.807) is 17.9 Å². The summed E-state index contributed by atoms with van der Waals surface area (Å²) in [6, 6.07) is 4.28. The second kappa shape index (κ2) is 9.00. The SMILES string of the molecule is COC[C@H](C)NS(=O)(=O)c1ccc(SC)c(C(=O)N2CCOCC2)c1. The lowest BCUT2D eigenvalue weighted by Gasteiger charge is -2.27. The van der Waals surface area contributed by atoms with Gasteiger partial charge >= 0.3 is 0 Å². The molecule has 1 saturated heterocycles. The first-order valence-electron chi connectivity index (χ1n) is 7.95. The zero-order valence-electron chi connectivity index (χ0n) is 14.6. The van der Waals surface area contributed by atoms with Crippen molar-refractivity contribution in [1.82, 2.24) is 9.62 Å². The van der Waals surface area contributed by atoms with Gasteiger partial charge in [0.1, 0.15) is 0 Å². The van der Waals surface area contributed by atoms with E-state index in [2.05, 4.69) is 4.72 Å². The molecule has 9 heteroatoms. The fourth-order valence-corrected chi connectivity index (χ4v) is 4.40. The molecular formula is C16H24N2O5S2. The maximum Gasteiger partial charge on any atom is 0.255 e. The molecule has 7 nitrogen and oxygen atoms in total. The summed E-state index contributed by atoms with van der Waals surface area (Å²) in [4.78, 5) is 15.3. The number of morpholine rings is 1. The topological polar surface area (TPSA) is 84.9 Å². The number of ether oxygens (including phenoxy) is 2. The second-order valence-electron chi connectivity index (χ2n) is 5.74. The molecule has 1 heterocycles. The lowest BCUT2D eigenvalue weighted by molar-refractivity contribution is 0.0300.